The first-order valence-corrected chi connectivity index (χ1v) is 10.5. The third kappa shape index (κ3) is 4.51. The third-order valence-electron chi connectivity index (χ3n) is 4.91. The molecular formula is C24H20BrN3O3. The van der Waals surface area contributed by atoms with Gasteiger partial charge < -0.3 is 14.6 Å². The minimum atomic E-state index is -0.272. The maximum Gasteiger partial charge on any atom is 0.254 e. The first-order chi connectivity index (χ1) is 14.9. The van der Waals surface area contributed by atoms with Crippen LogP contribution in [0.1, 0.15) is 15.9 Å². The van der Waals surface area contributed by atoms with E-state index in [1.165, 1.54) is 4.90 Å². The molecule has 0 atom stereocenters. The van der Waals surface area contributed by atoms with Crippen molar-refractivity contribution in [2.75, 3.05) is 18.9 Å². The Morgan fingerprint density at radius 3 is 2.65 bits per heavy atom. The minimum absolute atomic E-state index is 0.0823. The molecule has 31 heavy (non-hydrogen) atoms. The standard InChI is InChI=1S/C24H20BrN3O3/c1-15-12-16(25)9-10-19(15)27-23(29)14-28(2)24(30)18-13-21(22-8-5-11-31-22)26-20-7-4-3-6-17(18)20/h3-13H,14H2,1-2H3,(H,27,29). The van der Waals surface area contributed by atoms with Crippen LogP contribution in [0.4, 0.5) is 5.69 Å². The summed E-state index contributed by atoms with van der Waals surface area (Å²) >= 11 is 3.41. The van der Waals surface area contributed by atoms with Crippen molar-refractivity contribution in [2.24, 2.45) is 0 Å². The SMILES string of the molecule is Cc1cc(Br)ccc1NC(=O)CN(C)C(=O)c1cc(-c2ccco2)nc2ccccc12. The Hall–Kier alpha value is -3.45. The van der Waals surface area contributed by atoms with E-state index in [9.17, 15) is 9.59 Å². The van der Waals surface area contributed by atoms with E-state index < -0.39 is 0 Å². The first kappa shape index (κ1) is 20.8. The van der Waals surface area contributed by atoms with Crippen LogP contribution < -0.4 is 5.32 Å². The number of likely N-dealkylation sites (N-methyl/N-ethyl adjacent to an activating group) is 1. The number of halogens is 1. The lowest BCUT2D eigenvalue weighted by Gasteiger charge is -2.19. The van der Waals surface area contributed by atoms with Crippen LogP contribution in [0.3, 0.4) is 0 Å². The number of pyridine rings is 1. The molecule has 0 saturated carbocycles. The second kappa shape index (κ2) is 8.73. The van der Waals surface area contributed by atoms with Crippen molar-refractivity contribution in [3.8, 4) is 11.5 Å². The molecule has 0 aliphatic rings. The highest BCUT2D eigenvalue weighted by atomic mass is 79.9. The molecule has 0 aliphatic carbocycles. The fourth-order valence-corrected chi connectivity index (χ4v) is 3.83. The van der Waals surface area contributed by atoms with Crippen molar-refractivity contribution in [2.45, 2.75) is 6.92 Å². The van der Waals surface area contributed by atoms with Crippen molar-refractivity contribution in [1.82, 2.24) is 9.88 Å². The van der Waals surface area contributed by atoms with Crippen LogP contribution in [-0.4, -0.2) is 35.3 Å². The number of para-hydroxylation sites is 1. The van der Waals surface area contributed by atoms with Gasteiger partial charge >= 0.3 is 0 Å². The molecule has 0 aliphatic heterocycles. The summed E-state index contributed by atoms with van der Waals surface area (Å²) < 4.78 is 6.40. The highest BCUT2D eigenvalue weighted by molar-refractivity contribution is 9.10. The van der Waals surface area contributed by atoms with Gasteiger partial charge in [0.25, 0.3) is 5.91 Å². The zero-order valence-corrected chi connectivity index (χ0v) is 18.6. The third-order valence-corrected chi connectivity index (χ3v) is 5.40. The number of carbonyl (C=O) groups is 2. The number of hydrogen-bond donors (Lipinski definition) is 1. The number of amides is 2. The number of carbonyl (C=O) groups excluding carboxylic acids is 2. The van der Waals surface area contributed by atoms with Gasteiger partial charge in [0.05, 0.1) is 23.9 Å². The molecule has 0 radical (unpaired) electrons. The van der Waals surface area contributed by atoms with Crippen LogP contribution >= 0.6 is 15.9 Å². The molecule has 0 unspecified atom stereocenters. The predicted octanol–water partition coefficient (Wildman–Crippen LogP) is 5.28. The van der Waals surface area contributed by atoms with Gasteiger partial charge in [0, 0.05) is 22.6 Å². The normalized spacial score (nSPS) is 10.8. The molecule has 0 fully saturated rings. The van der Waals surface area contributed by atoms with Gasteiger partial charge in [-0.3, -0.25) is 9.59 Å². The zero-order valence-electron chi connectivity index (χ0n) is 17.1. The maximum atomic E-state index is 13.3. The van der Waals surface area contributed by atoms with E-state index in [1.807, 2.05) is 49.4 Å². The average Bonchev–Trinajstić information content (AvgIpc) is 3.29. The number of hydrogen-bond acceptors (Lipinski definition) is 4. The van der Waals surface area contributed by atoms with Gasteiger partial charge in [-0.2, -0.15) is 0 Å². The summed E-state index contributed by atoms with van der Waals surface area (Å²) in [7, 11) is 1.61. The van der Waals surface area contributed by atoms with Gasteiger partial charge in [0.2, 0.25) is 5.91 Å². The Morgan fingerprint density at radius 1 is 1.10 bits per heavy atom. The Morgan fingerprint density at radius 2 is 1.90 bits per heavy atom. The molecule has 2 heterocycles. The summed E-state index contributed by atoms with van der Waals surface area (Å²) in [4.78, 5) is 31.8. The number of fused-ring (bicyclic) bond motifs is 1. The van der Waals surface area contributed by atoms with Crippen molar-refractivity contribution in [1.29, 1.82) is 0 Å². The van der Waals surface area contributed by atoms with E-state index >= 15 is 0 Å². The maximum absolute atomic E-state index is 13.3. The van der Waals surface area contributed by atoms with Crippen LogP contribution in [0.2, 0.25) is 0 Å². The van der Waals surface area contributed by atoms with E-state index in [4.69, 9.17) is 4.42 Å². The quantitative estimate of drug-likeness (QED) is 0.424. The second-order valence-corrected chi connectivity index (χ2v) is 8.13. The van der Waals surface area contributed by atoms with Gasteiger partial charge in [-0.1, -0.05) is 34.1 Å². The summed E-state index contributed by atoms with van der Waals surface area (Å²) in [5.41, 5.74) is 3.36. The number of furan rings is 1. The molecule has 2 amide bonds. The van der Waals surface area contributed by atoms with E-state index in [-0.39, 0.29) is 18.4 Å². The van der Waals surface area contributed by atoms with E-state index in [2.05, 4.69) is 26.2 Å². The fraction of sp³-hybridized carbons (Fsp3) is 0.125. The van der Waals surface area contributed by atoms with Gasteiger partial charge in [-0.15, -0.1) is 0 Å². The number of nitrogens with one attached hydrogen (secondary N) is 1. The van der Waals surface area contributed by atoms with Crippen molar-refractivity contribution in [3.05, 3.63) is 82.5 Å². The number of nitrogens with zero attached hydrogens (tertiary/aromatic N) is 2. The van der Waals surface area contributed by atoms with Gasteiger partial charge in [0.1, 0.15) is 5.69 Å². The number of aromatic nitrogens is 1. The van der Waals surface area contributed by atoms with E-state index in [0.717, 1.165) is 15.4 Å². The summed E-state index contributed by atoms with van der Waals surface area (Å²) in [6, 6.07) is 18.3. The molecule has 2 aromatic heterocycles. The zero-order chi connectivity index (χ0) is 22.0. The number of rotatable bonds is 5. The highest BCUT2D eigenvalue weighted by Crippen LogP contribution is 2.26. The smallest absolute Gasteiger partial charge is 0.254 e. The topological polar surface area (TPSA) is 75.4 Å². The molecule has 2 aromatic carbocycles. The Bertz CT molecular complexity index is 1270. The lowest BCUT2D eigenvalue weighted by molar-refractivity contribution is -0.116. The Balaban J connectivity index is 1.59. The van der Waals surface area contributed by atoms with E-state index in [0.29, 0.717) is 28.2 Å². The van der Waals surface area contributed by atoms with E-state index in [1.54, 1.807) is 31.5 Å². The molecule has 0 bridgehead atoms. The molecule has 4 aromatic rings. The molecule has 6 nitrogen and oxygen atoms in total. The first-order valence-electron chi connectivity index (χ1n) is 9.67. The predicted molar refractivity (Wildman–Crippen MR) is 124 cm³/mol. The van der Waals surface area contributed by atoms with Gasteiger partial charge in [-0.05, 0) is 55.0 Å². The minimum Gasteiger partial charge on any atom is -0.463 e. The number of benzene rings is 2. The molecule has 1 N–H and O–H groups in total. The molecule has 0 spiro atoms. The largest absolute Gasteiger partial charge is 0.463 e. The Labute approximate surface area is 188 Å². The number of aryl methyl sites for hydroxylation is 1. The molecule has 4 rings (SSSR count). The molecule has 0 saturated heterocycles. The average molecular weight is 478 g/mol. The number of anilines is 1. The van der Waals surface area contributed by atoms with Crippen molar-refractivity contribution < 1.29 is 14.0 Å². The summed E-state index contributed by atoms with van der Waals surface area (Å²) in [6.07, 6.45) is 1.56. The van der Waals surface area contributed by atoms with Crippen molar-refractivity contribution >= 4 is 44.3 Å². The van der Waals surface area contributed by atoms with Crippen LogP contribution in [0, 0.1) is 6.92 Å². The summed E-state index contributed by atoms with van der Waals surface area (Å²) in [5.74, 6) is 0.0332. The van der Waals surface area contributed by atoms with Crippen molar-refractivity contribution in [3.63, 3.8) is 0 Å². The van der Waals surface area contributed by atoms with Crippen LogP contribution in [-0.2, 0) is 4.79 Å². The lowest BCUT2D eigenvalue weighted by Crippen LogP contribution is -2.35. The molecule has 7 heteroatoms. The molecular weight excluding hydrogens is 458 g/mol. The lowest BCUT2D eigenvalue weighted by atomic mass is 10.1. The highest BCUT2D eigenvalue weighted by Gasteiger charge is 2.20. The second-order valence-electron chi connectivity index (χ2n) is 7.22. The summed E-state index contributed by atoms with van der Waals surface area (Å²) in [5, 5.41) is 3.59. The summed E-state index contributed by atoms with van der Waals surface area (Å²) in [6.45, 7) is 1.83. The monoisotopic (exact) mass is 477 g/mol. The van der Waals surface area contributed by atoms with Gasteiger partial charge in [-0.25, -0.2) is 4.98 Å². The van der Waals surface area contributed by atoms with Crippen LogP contribution in [0.5, 0.6) is 0 Å². The van der Waals surface area contributed by atoms with Crippen LogP contribution in [0.15, 0.2) is 75.8 Å². The van der Waals surface area contributed by atoms with Gasteiger partial charge in [0.15, 0.2) is 5.76 Å². The van der Waals surface area contributed by atoms with Crippen LogP contribution in [0.25, 0.3) is 22.4 Å². The Kier molecular flexibility index (Phi) is 5.86. The fourth-order valence-electron chi connectivity index (χ4n) is 3.35. The molecule has 156 valence electrons.